The number of nitrogens with zero attached hydrogens (tertiary/aromatic N) is 2. The van der Waals surface area contributed by atoms with Gasteiger partial charge in [0.15, 0.2) is 5.16 Å². The maximum absolute atomic E-state index is 13.7. The Balaban J connectivity index is 1.84. The minimum absolute atomic E-state index is 0.154. The van der Waals surface area contributed by atoms with E-state index in [1.165, 1.54) is 4.57 Å². The Bertz CT molecular complexity index is 1140. The lowest BCUT2D eigenvalue weighted by Crippen LogP contribution is -2.25. The maximum atomic E-state index is 13.7. The van der Waals surface area contributed by atoms with Crippen molar-refractivity contribution in [2.75, 3.05) is 24.8 Å². The van der Waals surface area contributed by atoms with Crippen LogP contribution in [0, 0.1) is 11.6 Å². The Morgan fingerprint density at radius 1 is 1.27 bits per heavy atom. The predicted molar refractivity (Wildman–Crippen MR) is 113 cm³/mol. The molecule has 1 aromatic heterocycles. The van der Waals surface area contributed by atoms with Gasteiger partial charge >= 0.3 is 0 Å². The molecule has 0 atom stereocenters. The summed E-state index contributed by atoms with van der Waals surface area (Å²) in [4.78, 5) is 29.6. The summed E-state index contributed by atoms with van der Waals surface area (Å²) in [5, 5.41) is 3.48. The van der Waals surface area contributed by atoms with Gasteiger partial charge in [0.25, 0.3) is 5.56 Å². The Hall–Kier alpha value is -2.49. The third-order valence-corrected chi connectivity index (χ3v) is 5.36. The van der Waals surface area contributed by atoms with Crippen LogP contribution in [0.5, 0.6) is 0 Å². The van der Waals surface area contributed by atoms with Gasteiger partial charge < -0.3 is 10.1 Å². The van der Waals surface area contributed by atoms with Gasteiger partial charge in [-0.05, 0) is 36.8 Å². The van der Waals surface area contributed by atoms with Crippen LogP contribution >= 0.6 is 23.4 Å². The van der Waals surface area contributed by atoms with Crippen LogP contribution in [0.2, 0.25) is 5.02 Å². The van der Waals surface area contributed by atoms with Crippen LogP contribution in [-0.2, 0) is 16.1 Å². The van der Waals surface area contributed by atoms with E-state index in [9.17, 15) is 18.4 Å². The van der Waals surface area contributed by atoms with Crippen LogP contribution in [0.3, 0.4) is 0 Å². The summed E-state index contributed by atoms with van der Waals surface area (Å²) in [6.07, 6.45) is 0.575. The largest absolute Gasteiger partial charge is 0.385 e. The molecular formula is C20H18ClF2N3O3S. The van der Waals surface area contributed by atoms with Crippen molar-refractivity contribution in [1.29, 1.82) is 0 Å². The third kappa shape index (κ3) is 5.35. The summed E-state index contributed by atoms with van der Waals surface area (Å²) in [6.45, 7) is 0.801. The number of anilines is 1. The topological polar surface area (TPSA) is 73.2 Å². The van der Waals surface area contributed by atoms with Crippen molar-refractivity contribution in [1.82, 2.24) is 9.55 Å². The van der Waals surface area contributed by atoms with E-state index in [0.29, 0.717) is 40.7 Å². The molecule has 3 rings (SSSR count). The van der Waals surface area contributed by atoms with E-state index in [2.05, 4.69) is 10.3 Å². The number of thioether (sulfide) groups is 1. The first-order valence-corrected chi connectivity index (χ1v) is 10.3. The zero-order valence-corrected chi connectivity index (χ0v) is 17.5. The molecule has 158 valence electrons. The lowest BCUT2D eigenvalue weighted by Gasteiger charge is -2.13. The van der Waals surface area contributed by atoms with E-state index >= 15 is 0 Å². The van der Waals surface area contributed by atoms with E-state index in [4.69, 9.17) is 16.3 Å². The van der Waals surface area contributed by atoms with Gasteiger partial charge in [0.1, 0.15) is 11.6 Å². The molecule has 1 N–H and O–H groups in total. The Kier molecular flexibility index (Phi) is 7.41. The number of fused-ring (bicyclic) bond motifs is 1. The van der Waals surface area contributed by atoms with Crippen LogP contribution in [0.25, 0.3) is 10.9 Å². The number of halogens is 3. The summed E-state index contributed by atoms with van der Waals surface area (Å²) in [7, 11) is 1.56. The van der Waals surface area contributed by atoms with Gasteiger partial charge in [-0.25, -0.2) is 13.8 Å². The Labute approximate surface area is 180 Å². The number of carbonyl (C=O) groups is 1. The van der Waals surface area contributed by atoms with Gasteiger partial charge in [0, 0.05) is 31.4 Å². The number of amides is 1. The van der Waals surface area contributed by atoms with Gasteiger partial charge in [-0.1, -0.05) is 23.4 Å². The molecule has 2 aromatic carbocycles. The van der Waals surface area contributed by atoms with Crippen LogP contribution in [0.4, 0.5) is 14.5 Å². The van der Waals surface area contributed by atoms with E-state index in [-0.39, 0.29) is 17.0 Å². The van der Waals surface area contributed by atoms with Gasteiger partial charge in [-0.15, -0.1) is 0 Å². The Morgan fingerprint density at radius 3 is 2.83 bits per heavy atom. The summed E-state index contributed by atoms with van der Waals surface area (Å²) in [5.41, 5.74) is -0.0993. The van der Waals surface area contributed by atoms with Crippen LogP contribution < -0.4 is 10.9 Å². The second kappa shape index (κ2) is 10.0. The van der Waals surface area contributed by atoms with Crippen molar-refractivity contribution in [2.24, 2.45) is 0 Å². The predicted octanol–water partition coefficient (Wildman–Crippen LogP) is 4.10. The van der Waals surface area contributed by atoms with Crippen molar-refractivity contribution in [3.05, 3.63) is 63.4 Å². The number of rotatable bonds is 8. The molecule has 0 unspecified atom stereocenters. The minimum atomic E-state index is -0.746. The van der Waals surface area contributed by atoms with Gasteiger partial charge in [0.2, 0.25) is 5.91 Å². The highest BCUT2D eigenvalue weighted by molar-refractivity contribution is 7.99. The van der Waals surface area contributed by atoms with E-state index in [0.717, 1.165) is 30.0 Å². The molecule has 0 aliphatic carbocycles. The van der Waals surface area contributed by atoms with Crippen molar-refractivity contribution in [3.63, 3.8) is 0 Å². The molecule has 1 heterocycles. The average molecular weight is 454 g/mol. The molecule has 1 amide bonds. The smallest absolute Gasteiger partial charge is 0.262 e. The van der Waals surface area contributed by atoms with Crippen LogP contribution in [0.1, 0.15) is 6.42 Å². The lowest BCUT2D eigenvalue weighted by atomic mass is 10.2. The zero-order valence-electron chi connectivity index (χ0n) is 16.0. The molecule has 0 saturated heterocycles. The summed E-state index contributed by atoms with van der Waals surface area (Å²) >= 11 is 7.03. The normalized spacial score (nSPS) is 11.1. The number of methoxy groups -OCH3 is 1. The summed E-state index contributed by atoms with van der Waals surface area (Å²) in [6, 6.07) is 7.58. The lowest BCUT2D eigenvalue weighted by molar-refractivity contribution is -0.113. The van der Waals surface area contributed by atoms with Crippen molar-refractivity contribution in [3.8, 4) is 0 Å². The molecular weight excluding hydrogens is 436 g/mol. The molecule has 10 heteroatoms. The number of nitrogens with one attached hydrogen (secondary N) is 1. The zero-order chi connectivity index (χ0) is 21.7. The van der Waals surface area contributed by atoms with E-state index in [1.807, 2.05) is 0 Å². The number of benzene rings is 2. The molecule has 6 nitrogen and oxygen atoms in total. The van der Waals surface area contributed by atoms with Crippen molar-refractivity contribution < 1.29 is 18.3 Å². The Morgan fingerprint density at radius 2 is 2.07 bits per heavy atom. The average Bonchev–Trinajstić information content (AvgIpc) is 2.71. The van der Waals surface area contributed by atoms with E-state index < -0.39 is 17.5 Å². The quantitative estimate of drug-likeness (QED) is 0.316. The monoisotopic (exact) mass is 453 g/mol. The first-order chi connectivity index (χ1) is 14.4. The summed E-state index contributed by atoms with van der Waals surface area (Å²) in [5.74, 6) is -2.13. The van der Waals surface area contributed by atoms with Crippen molar-refractivity contribution in [2.45, 2.75) is 18.1 Å². The number of hydrogen-bond acceptors (Lipinski definition) is 5. The van der Waals surface area contributed by atoms with Crippen LogP contribution in [-0.4, -0.2) is 34.9 Å². The first kappa shape index (κ1) is 22.2. The second-order valence-electron chi connectivity index (χ2n) is 6.32. The molecule has 0 fully saturated rings. The molecule has 0 aliphatic heterocycles. The fourth-order valence-electron chi connectivity index (χ4n) is 2.76. The third-order valence-electron chi connectivity index (χ3n) is 4.15. The highest BCUT2D eigenvalue weighted by Crippen LogP contribution is 2.22. The van der Waals surface area contributed by atoms with Gasteiger partial charge in [0.05, 0.1) is 22.3 Å². The molecule has 0 saturated carbocycles. The molecule has 0 spiro atoms. The molecule has 30 heavy (non-hydrogen) atoms. The minimum Gasteiger partial charge on any atom is -0.385 e. The first-order valence-electron chi connectivity index (χ1n) is 8.96. The second-order valence-corrected chi connectivity index (χ2v) is 7.70. The number of carbonyl (C=O) groups excluding carboxylic acids is 1. The number of hydrogen-bond donors (Lipinski definition) is 1. The SMILES string of the molecule is COCCCn1c(SCC(=O)Nc2cc(F)ccc2F)nc2cc(Cl)ccc2c1=O. The van der Waals surface area contributed by atoms with Crippen molar-refractivity contribution >= 4 is 45.9 Å². The van der Waals surface area contributed by atoms with Gasteiger partial charge in [-0.3, -0.25) is 14.2 Å². The molecule has 0 aliphatic rings. The molecule has 3 aromatic rings. The highest BCUT2D eigenvalue weighted by atomic mass is 35.5. The van der Waals surface area contributed by atoms with Crippen LogP contribution in [0.15, 0.2) is 46.3 Å². The number of ether oxygens (including phenoxy) is 1. The maximum Gasteiger partial charge on any atom is 0.262 e. The standard InChI is InChI=1S/C20H18ClF2N3O3S/c1-29-8-2-7-26-19(28)14-5-3-12(21)9-16(14)25-20(26)30-11-18(27)24-17-10-13(22)4-6-15(17)23/h3-6,9-10H,2,7-8,11H2,1H3,(H,24,27). The fourth-order valence-corrected chi connectivity index (χ4v) is 3.75. The molecule has 0 bridgehead atoms. The van der Waals surface area contributed by atoms with E-state index in [1.54, 1.807) is 25.3 Å². The highest BCUT2D eigenvalue weighted by Gasteiger charge is 2.15. The van der Waals surface area contributed by atoms with Gasteiger partial charge in [-0.2, -0.15) is 0 Å². The fraction of sp³-hybridized carbons (Fsp3) is 0.250. The number of aromatic nitrogens is 2. The summed E-state index contributed by atoms with van der Waals surface area (Å²) < 4.78 is 33.5. The molecule has 0 radical (unpaired) electrons.